The summed E-state index contributed by atoms with van der Waals surface area (Å²) in [7, 11) is 3.60. The molecule has 1 aliphatic rings. The van der Waals surface area contributed by atoms with E-state index >= 15 is 0 Å². The lowest BCUT2D eigenvalue weighted by Gasteiger charge is -2.19. The van der Waals surface area contributed by atoms with E-state index < -0.39 is 0 Å². The quantitative estimate of drug-likeness (QED) is 0.708. The highest BCUT2D eigenvalue weighted by atomic mass is 32.2. The Balaban J connectivity index is 1.68. The van der Waals surface area contributed by atoms with Crippen molar-refractivity contribution in [2.24, 2.45) is 0 Å². The van der Waals surface area contributed by atoms with Crippen LogP contribution >= 0.6 is 11.8 Å². The largest absolute Gasteiger partial charge is 0.507 e. The van der Waals surface area contributed by atoms with Crippen molar-refractivity contribution in [2.75, 3.05) is 27.0 Å². The van der Waals surface area contributed by atoms with Crippen LogP contribution in [0.2, 0.25) is 0 Å². The van der Waals surface area contributed by atoms with Crippen molar-refractivity contribution in [3.05, 3.63) is 29.6 Å². The topological polar surface area (TPSA) is 72.6 Å². The highest BCUT2D eigenvalue weighted by molar-refractivity contribution is 7.98. The molecule has 7 nitrogen and oxygen atoms in total. The predicted molar refractivity (Wildman–Crippen MR) is 101 cm³/mol. The Hall–Kier alpha value is -1.77. The molecule has 2 heterocycles. The van der Waals surface area contributed by atoms with Gasteiger partial charge in [-0.2, -0.15) is 0 Å². The summed E-state index contributed by atoms with van der Waals surface area (Å²) in [6.45, 7) is 2.89. The Labute approximate surface area is 158 Å². The zero-order valence-electron chi connectivity index (χ0n) is 15.5. The van der Waals surface area contributed by atoms with Gasteiger partial charge in [0.25, 0.3) is 0 Å². The number of rotatable bonds is 8. The zero-order valence-corrected chi connectivity index (χ0v) is 16.3. The minimum absolute atomic E-state index is 0.238. The number of hydrogen-bond donors (Lipinski definition) is 1. The molecule has 2 aromatic rings. The molecule has 0 aliphatic carbocycles. The van der Waals surface area contributed by atoms with Crippen LogP contribution in [0.1, 0.15) is 24.2 Å². The minimum atomic E-state index is 0.238. The first-order chi connectivity index (χ1) is 12.6. The number of phenols is 1. The lowest BCUT2D eigenvalue weighted by atomic mass is 10.2. The summed E-state index contributed by atoms with van der Waals surface area (Å²) in [5.74, 6) is 1.80. The average molecular weight is 378 g/mol. The third-order valence-electron chi connectivity index (χ3n) is 4.53. The molecule has 1 N–H and O–H groups in total. The zero-order chi connectivity index (χ0) is 18.5. The normalized spacial score (nSPS) is 17.2. The van der Waals surface area contributed by atoms with E-state index in [1.807, 2.05) is 25.4 Å². The molecular weight excluding hydrogens is 352 g/mol. The Morgan fingerprint density at radius 2 is 2.23 bits per heavy atom. The molecule has 1 aliphatic heterocycles. The number of thioether (sulfide) groups is 1. The second-order valence-corrected chi connectivity index (χ2v) is 7.29. The van der Waals surface area contributed by atoms with E-state index in [1.54, 1.807) is 24.9 Å². The maximum atomic E-state index is 10.2. The maximum absolute atomic E-state index is 10.2. The van der Waals surface area contributed by atoms with Crippen LogP contribution in [0.4, 0.5) is 0 Å². The minimum Gasteiger partial charge on any atom is -0.507 e. The number of phenolic OH excluding ortho intramolecular Hbond substituents is 1. The van der Waals surface area contributed by atoms with Crippen LogP contribution in [0.5, 0.6) is 11.5 Å². The van der Waals surface area contributed by atoms with E-state index in [9.17, 15) is 5.11 Å². The van der Waals surface area contributed by atoms with E-state index in [2.05, 4.69) is 19.7 Å². The van der Waals surface area contributed by atoms with Crippen LogP contribution in [0.25, 0.3) is 0 Å². The van der Waals surface area contributed by atoms with Gasteiger partial charge in [0.05, 0.1) is 26.3 Å². The molecule has 0 amide bonds. The number of aromatic nitrogens is 3. The Morgan fingerprint density at radius 1 is 1.38 bits per heavy atom. The molecule has 1 fully saturated rings. The van der Waals surface area contributed by atoms with Crippen LogP contribution in [0.3, 0.4) is 0 Å². The van der Waals surface area contributed by atoms with Gasteiger partial charge in [-0.1, -0.05) is 17.8 Å². The molecule has 0 unspecified atom stereocenters. The number of ether oxygens (including phenoxy) is 2. The SMILES string of the molecule is COc1ccc(CN(C)Cc2nnc(SC)n2C[C@@H]2CCCO2)c(O)c1. The summed E-state index contributed by atoms with van der Waals surface area (Å²) in [6.07, 6.45) is 4.46. The van der Waals surface area contributed by atoms with Crippen molar-refractivity contribution >= 4 is 11.8 Å². The Morgan fingerprint density at radius 3 is 2.88 bits per heavy atom. The van der Waals surface area contributed by atoms with Gasteiger partial charge < -0.3 is 19.1 Å². The second-order valence-electron chi connectivity index (χ2n) is 6.52. The molecule has 0 saturated carbocycles. The summed E-state index contributed by atoms with van der Waals surface area (Å²) in [6, 6.07) is 5.37. The molecule has 0 spiro atoms. The van der Waals surface area contributed by atoms with Crippen LogP contribution in [0, 0.1) is 0 Å². The fourth-order valence-electron chi connectivity index (χ4n) is 3.15. The molecule has 1 saturated heterocycles. The van der Waals surface area contributed by atoms with Gasteiger partial charge in [0.15, 0.2) is 5.16 Å². The summed E-state index contributed by atoms with van der Waals surface area (Å²) >= 11 is 1.60. The van der Waals surface area contributed by atoms with Crippen molar-refractivity contribution in [3.63, 3.8) is 0 Å². The Kier molecular flexibility index (Phi) is 6.39. The molecule has 1 atom stereocenters. The standard InChI is InChI=1S/C18H26N4O3S/c1-21(10-13-6-7-14(24-2)9-16(13)23)12-17-19-20-18(26-3)22(17)11-15-5-4-8-25-15/h6-7,9,15,23H,4-5,8,10-12H2,1-3H3/t15-/m0/s1. The fraction of sp³-hybridized carbons (Fsp3) is 0.556. The third-order valence-corrected chi connectivity index (χ3v) is 5.20. The molecule has 8 heteroatoms. The van der Waals surface area contributed by atoms with Gasteiger partial charge in [0.2, 0.25) is 0 Å². The van der Waals surface area contributed by atoms with Crippen molar-refractivity contribution in [3.8, 4) is 11.5 Å². The van der Waals surface area contributed by atoms with E-state index in [-0.39, 0.29) is 11.9 Å². The summed E-state index contributed by atoms with van der Waals surface area (Å²) in [5, 5.41) is 19.8. The molecule has 1 aromatic heterocycles. The van der Waals surface area contributed by atoms with Gasteiger partial charge in [-0.3, -0.25) is 4.90 Å². The maximum Gasteiger partial charge on any atom is 0.191 e. The molecule has 26 heavy (non-hydrogen) atoms. The van der Waals surface area contributed by atoms with E-state index in [0.717, 1.165) is 42.5 Å². The smallest absolute Gasteiger partial charge is 0.191 e. The predicted octanol–water partition coefficient (Wildman–Crippen LogP) is 2.53. The van der Waals surface area contributed by atoms with Crippen LogP contribution < -0.4 is 4.74 Å². The van der Waals surface area contributed by atoms with Crippen molar-refractivity contribution < 1.29 is 14.6 Å². The number of nitrogens with zero attached hydrogens (tertiary/aromatic N) is 4. The van der Waals surface area contributed by atoms with E-state index in [0.29, 0.717) is 18.8 Å². The van der Waals surface area contributed by atoms with Crippen molar-refractivity contribution in [1.29, 1.82) is 0 Å². The lowest BCUT2D eigenvalue weighted by Crippen LogP contribution is -2.23. The van der Waals surface area contributed by atoms with Crippen LogP contribution in [0.15, 0.2) is 23.4 Å². The number of aromatic hydroxyl groups is 1. The molecule has 0 radical (unpaired) electrons. The third kappa shape index (κ3) is 4.49. The van der Waals surface area contributed by atoms with E-state index in [4.69, 9.17) is 9.47 Å². The molecule has 0 bridgehead atoms. The molecule has 142 valence electrons. The summed E-state index contributed by atoms with van der Waals surface area (Å²) in [5.41, 5.74) is 0.851. The first-order valence-electron chi connectivity index (χ1n) is 8.72. The number of hydrogen-bond acceptors (Lipinski definition) is 7. The van der Waals surface area contributed by atoms with Gasteiger partial charge in [-0.05, 0) is 32.2 Å². The van der Waals surface area contributed by atoms with E-state index in [1.165, 1.54) is 0 Å². The summed E-state index contributed by atoms with van der Waals surface area (Å²) < 4.78 is 13.1. The van der Waals surface area contributed by atoms with Crippen LogP contribution in [-0.2, 0) is 24.4 Å². The lowest BCUT2D eigenvalue weighted by molar-refractivity contribution is 0.0934. The second kappa shape index (κ2) is 8.75. The monoisotopic (exact) mass is 378 g/mol. The highest BCUT2D eigenvalue weighted by Crippen LogP contribution is 2.25. The van der Waals surface area contributed by atoms with Gasteiger partial charge in [0.1, 0.15) is 17.3 Å². The number of methoxy groups -OCH3 is 1. The fourth-order valence-corrected chi connectivity index (χ4v) is 3.68. The van der Waals surface area contributed by atoms with Gasteiger partial charge >= 0.3 is 0 Å². The molecule has 3 rings (SSSR count). The highest BCUT2D eigenvalue weighted by Gasteiger charge is 2.21. The average Bonchev–Trinajstić information content (AvgIpc) is 3.27. The Bertz CT molecular complexity index is 731. The first kappa shape index (κ1) is 19.0. The van der Waals surface area contributed by atoms with Gasteiger partial charge in [-0.15, -0.1) is 10.2 Å². The van der Waals surface area contributed by atoms with Gasteiger partial charge in [-0.25, -0.2) is 0 Å². The number of benzene rings is 1. The van der Waals surface area contributed by atoms with Crippen LogP contribution in [-0.4, -0.2) is 57.9 Å². The van der Waals surface area contributed by atoms with Crippen molar-refractivity contribution in [2.45, 2.75) is 43.7 Å². The molecule has 1 aromatic carbocycles. The summed E-state index contributed by atoms with van der Waals surface area (Å²) in [4.78, 5) is 2.11. The molecular formula is C18H26N4O3S. The van der Waals surface area contributed by atoms with Crippen molar-refractivity contribution in [1.82, 2.24) is 19.7 Å². The van der Waals surface area contributed by atoms with Gasteiger partial charge in [0, 0.05) is 24.8 Å². The first-order valence-corrected chi connectivity index (χ1v) is 9.95.